The highest BCUT2D eigenvalue weighted by atomic mass is 32.2. The summed E-state index contributed by atoms with van der Waals surface area (Å²) in [6, 6.07) is 4.63. The van der Waals surface area contributed by atoms with E-state index in [1.165, 1.54) is 0 Å². The Hall–Kier alpha value is -2.42. The van der Waals surface area contributed by atoms with Crippen molar-refractivity contribution in [2.75, 3.05) is 18.1 Å². The third-order valence-corrected chi connectivity index (χ3v) is 6.52. The highest BCUT2D eigenvalue weighted by Crippen LogP contribution is 2.20. The average Bonchev–Trinajstić information content (AvgIpc) is 3.19. The molecule has 1 fully saturated rings. The van der Waals surface area contributed by atoms with Gasteiger partial charge in [-0.15, -0.1) is 0 Å². The first-order chi connectivity index (χ1) is 12.4. The van der Waals surface area contributed by atoms with E-state index in [-0.39, 0.29) is 35.6 Å². The Labute approximate surface area is 150 Å². The Morgan fingerprint density at radius 1 is 1.38 bits per heavy atom. The van der Waals surface area contributed by atoms with Gasteiger partial charge in [-0.25, -0.2) is 13.4 Å². The monoisotopic (exact) mass is 377 g/mol. The first-order valence-electron chi connectivity index (χ1n) is 8.57. The number of rotatable bonds is 4. The van der Waals surface area contributed by atoms with Gasteiger partial charge in [0.2, 0.25) is 0 Å². The fourth-order valence-electron chi connectivity index (χ4n) is 3.48. The standard InChI is InChI=1S/C17H19N3O5S/c21-16(18-11-5-7-26(23,24)10-11)9-25-12-3-4-14-13(8-12)17(22)20-6-1-2-15(20)19-14/h3-4,8,11H,1-2,5-7,9-10H2,(H,18,21)/t11-/m1/s1. The zero-order valence-corrected chi connectivity index (χ0v) is 14.9. The van der Waals surface area contributed by atoms with Crippen molar-refractivity contribution in [2.24, 2.45) is 0 Å². The third kappa shape index (κ3) is 3.31. The maximum absolute atomic E-state index is 12.5. The van der Waals surface area contributed by atoms with Crippen LogP contribution in [0.15, 0.2) is 23.0 Å². The molecule has 9 heteroatoms. The molecule has 1 saturated heterocycles. The Balaban J connectivity index is 1.44. The van der Waals surface area contributed by atoms with Gasteiger partial charge in [0.05, 0.1) is 22.4 Å². The number of benzene rings is 1. The maximum atomic E-state index is 12.5. The number of aryl methyl sites for hydroxylation is 1. The van der Waals surface area contributed by atoms with Crippen molar-refractivity contribution >= 4 is 26.6 Å². The summed E-state index contributed by atoms with van der Waals surface area (Å²) in [7, 11) is -3.04. The zero-order chi connectivity index (χ0) is 18.3. The molecule has 138 valence electrons. The first-order valence-corrected chi connectivity index (χ1v) is 10.4. The lowest BCUT2D eigenvalue weighted by molar-refractivity contribution is -0.123. The van der Waals surface area contributed by atoms with Crippen molar-refractivity contribution < 1.29 is 17.9 Å². The topological polar surface area (TPSA) is 107 Å². The van der Waals surface area contributed by atoms with Gasteiger partial charge in [0.15, 0.2) is 16.4 Å². The van der Waals surface area contributed by atoms with E-state index in [1.54, 1.807) is 22.8 Å². The third-order valence-electron chi connectivity index (χ3n) is 4.75. The number of nitrogens with one attached hydrogen (secondary N) is 1. The lowest BCUT2D eigenvalue weighted by Crippen LogP contribution is -2.38. The number of hydrogen-bond donors (Lipinski definition) is 1. The molecule has 1 aromatic carbocycles. The lowest BCUT2D eigenvalue weighted by Gasteiger charge is -2.12. The smallest absolute Gasteiger partial charge is 0.261 e. The lowest BCUT2D eigenvalue weighted by atomic mass is 10.2. The quantitative estimate of drug-likeness (QED) is 0.805. The van der Waals surface area contributed by atoms with Gasteiger partial charge in [0, 0.05) is 19.0 Å². The number of amides is 1. The molecule has 4 rings (SSSR count). The summed E-state index contributed by atoms with van der Waals surface area (Å²) in [6.07, 6.45) is 2.15. The van der Waals surface area contributed by atoms with Gasteiger partial charge in [-0.3, -0.25) is 14.2 Å². The second-order valence-corrected chi connectivity index (χ2v) is 8.95. The molecule has 1 atom stereocenters. The number of aromatic nitrogens is 2. The number of nitrogens with zero attached hydrogens (tertiary/aromatic N) is 2. The molecule has 26 heavy (non-hydrogen) atoms. The molecular formula is C17H19N3O5S. The van der Waals surface area contributed by atoms with Crippen molar-refractivity contribution in [3.8, 4) is 5.75 Å². The van der Waals surface area contributed by atoms with E-state index >= 15 is 0 Å². The number of fused-ring (bicyclic) bond motifs is 2. The number of ether oxygens (including phenoxy) is 1. The molecule has 0 bridgehead atoms. The van der Waals surface area contributed by atoms with Gasteiger partial charge in [-0.2, -0.15) is 0 Å². The van der Waals surface area contributed by atoms with Crippen molar-refractivity contribution in [1.82, 2.24) is 14.9 Å². The predicted molar refractivity (Wildman–Crippen MR) is 95.0 cm³/mol. The van der Waals surface area contributed by atoms with E-state index < -0.39 is 9.84 Å². The first kappa shape index (κ1) is 17.0. The number of carbonyl (C=O) groups excluding carboxylic acids is 1. The van der Waals surface area contributed by atoms with Crippen LogP contribution in [-0.2, 0) is 27.6 Å². The minimum atomic E-state index is -3.04. The summed E-state index contributed by atoms with van der Waals surface area (Å²) < 4.78 is 30.0. The molecule has 0 aliphatic carbocycles. The summed E-state index contributed by atoms with van der Waals surface area (Å²) in [5.74, 6) is 0.912. The maximum Gasteiger partial charge on any atom is 0.261 e. The van der Waals surface area contributed by atoms with Crippen LogP contribution >= 0.6 is 0 Å². The van der Waals surface area contributed by atoms with E-state index in [0.29, 0.717) is 29.6 Å². The minimum absolute atomic E-state index is 0.0255. The Kier molecular flexibility index (Phi) is 4.18. The summed E-state index contributed by atoms with van der Waals surface area (Å²) >= 11 is 0. The van der Waals surface area contributed by atoms with Crippen LogP contribution in [0.4, 0.5) is 0 Å². The van der Waals surface area contributed by atoms with Crippen molar-refractivity contribution in [3.63, 3.8) is 0 Å². The normalized spacial score (nSPS) is 20.8. The molecule has 0 spiro atoms. The predicted octanol–water partition coefficient (Wildman–Crippen LogP) is 0.0248. The molecular weight excluding hydrogens is 358 g/mol. The van der Waals surface area contributed by atoms with Gasteiger partial charge in [0.1, 0.15) is 11.6 Å². The number of hydrogen-bond acceptors (Lipinski definition) is 6. The molecule has 3 heterocycles. The highest BCUT2D eigenvalue weighted by molar-refractivity contribution is 7.91. The molecule has 2 aliphatic heterocycles. The molecule has 8 nitrogen and oxygen atoms in total. The summed E-state index contributed by atoms with van der Waals surface area (Å²) in [4.78, 5) is 29.0. The van der Waals surface area contributed by atoms with Crippen molar-refractivity contribution in [3.05, 3.63) is 34.4 Å². The van der Waals surface area contributed by atoms with Gasteiger partial charge in [0.25, 0.3) is 11.5 Å². The Morgan fingerprint density at radius 3 is 3.00 bits per heavy atom. The Bertz CT molecular complexity index is 1040. The van der Waals surface area contributed by atoms with Crippen LogP contribution in [0.1, 0.15) is 18.7 Å². The van der Waals surface area contributed by atoms with Crippen LogP contribution < -0.4 is 15.6 Å². The summed E-state index contributed by atoms with van der Waals surface area (Å²) in [6.45, 7) is 0.441. The van der Waals surface area contributed by atoms with E-state index in [9.17, 15) is 18.0 Å². The van der Waals surface area contributed by atoms with E-state index in [4.69, 9.17) is 4.74 Å². The van der Waals surface area contributed by atoms with Crippen LogP contribution in [0.2, 0.25) is 0 Å². The van der Waals surface area contributed by atoms with Crippen LogP contribution in [0.25, 0.3) is 10.9 Å². The van der Waals surface area contributed by atoms with Crippen LogP contribution in [-0.4, -0.2) is 48.0 Å². The van der Waals surface area contributed by atoms with Gasteiger partial charge in [-0.05, 0) is 31.0 Å². The Morgan fingerprint density at radius 2 is 2.23 bits per heavy atom. The van der Waals surface area contributed by atoms with Gasteiger partial charge in [-0.1, -0.05) is 0 Å². The van der Waals surface area contributed by atoms with Gasteiger partial charge < -0.3 is 10.1 Å². The van der Waals surface area contributed by atoms with Crippen molar-refractivity contribution in [2.45, 2.75) is 31.8 Å². The largest absolute Gasteiger partial charge is 0.484 e. The van der Waals surface area contributed by atoms with E-state index in [0.717, 1.165) is 18.7 Å². The molecule has 1 aromatic heterocycles. The average molecular weight is 377 g/mol. The zero-order valence-electron chi connectivity index (χ0n) is 14.1. The molecule has 0 saturated carbocycles. The molecule has 2 aliphatic rings. The molecule has 0 unspecified atom stereocenters. The highest BCUT2D eigenvalue weighted by Gasteiger charge is 2.28. The van der Waals surface area contributed by atoms with Crippen molar-refractivity contribution in [1.29, 1.82) is 0 Å². The molecule has 0 radical (unpaired) electrons. The number of carbonyl (C=O) groups is 1. The summed E-state index contributed by atoms with van der Waals surface area (Å²) in [5.41, 5.74) is 0.532. The molecule has 1 N–H and O–H groups in total. The second-order valence-electron chi connectivity index (χ2n) is 6.72. The molecule has 2 aromatic rings. The van der Waals surface area contributed by atoms with E-state index in [2.05, 4.69) is 10.3 Å². The molecule has 1 amide bonds. The van der Waals surface area contributed by atoms with Crippen LogP contribution in [0.5, 0.6) is 5.75 Å². The van der Waals surface area contributed by atoms with Crippen LogP contribution in [0, 0.1) is 0 Å². The van der Waals surface area contributed by atoms with Crippen LogP contribution in [0.3, 0.4) is 0 Å². The number of sulfone groups is 1. The van der Waals surface area contributed by atoms with E-state index in [1.807, 2.05) is 0 Å². The SMILES string of the molecule is O=C(COc1ccc2nc3n(c(=O)c2c1)CCC3)N[C@@H]1CCS(=O)(=O)C1. The fraction of sp³-hybridized carbons (Fsp3) is 0.471. The summed E-state index contributed by atoms with van der Waals surface area (Å²) in [5, 5.41) is 3.13. The minimum Gasteiger partial charge on any atom is -0.484 e. The van der Waals surface area contributed by atoms with Gasteiger partial charge >= 0.3 is 0 Å². The second kappa shape index (κ2) is 6.39. The fourth-order valence-corrected chi connectivity index (χ4v) is 5.15.